The summed E-state index contributed by atoms with van der Waals surface area (Å²) in [6.07, 6.45) is 2.39. The molecule has 0 saturated heterocycles. The number of nitrogens with zero attached hydrogens (tertiary/aromatic N) is 1. The maximum Gasteiger partial charge on any atom is 0.268 e. The number of aryl methyl sites for hydroxylation is 1. The molecule has 6 heteroatoms. The minimum atomic E-state index is -0.591. The van der Waals surface area contributed by atoms with Gasteiger partial charge in [-0.15, -0.1) is 0 Å². The van der Waals surface area contributed by atoms with Crippen LogP contribution >= 0.6 is 0 Å². The van der Waals surface area contributed by atoms with Gasteiger partial charge in [0.05, 0.1) is 12.2 Å². The molecule has 3 aromatic rings. The molecule has 1 heterocycles. The van der Waals surface area contributed by atoms with Crippen LogP contribution in [0.2, 0.25) is 0 Å². The highest BCUT2D eigenvalue weighted by molar-refractivity contribution is 6.04. The van der Waals surface area contributed by atoms with Crippen molar-refractivity contribution in [2.24, 2.45) is 0 Å². The van der Waals surface area contributed by atoms with E-state index in [1.54, 1.807) is 48.2 Å². The summed E-state index contributed by atoms with van der Waals surface area (Å²) in [6, 6.07) is 19.1. The lowest BCUT2D eigenvalue weighted by Gasteiger charge is -2.33. The van der Waals surface area contributed by atoms with Gasteiger partial charge < -0.3 is 15.0 Å². The van der Waals surface area contributed by atoms with Crippen LogP contribution in [0.25, 0.3) is 6.08 Å². The number of halogens is 1. The lowest BCUT2D eigenvalue weighted by molar-refractivity contribution is -0.125. The van der Waals surface area contributed by atoms with Gasteiger partial charge in [-0.25, -0.2) is 4.39 Å². The third-order valence-corrected chi connectivity index (χ3v) is 5.19. The summed E-state index contributed by atoms with van der Waals surface area (Å²) in [5, 5.41) is 2.80. The van der Waals surface area contributed by atoms with Crippen molar-refractivity contribution < 1.29 is 18.7 Å². The number of carbonyl (C=O) groups is 2. The van der Waals surface area contributed by atoms with Gasteiger partial charge in [-0.05, 0) is 61.4 Å². The van der Waals surface area contributed by atoms with Crippen molar-refractivity contribution in [1.29, 1.82) is 0 Å². The van der Waals surface area contributed by atoms with Crippen molar-refractivity contribution in [2.75, 3.05) is 10.2 Å². The van der Waals surface area contributed by atoms with E-state index in [1.165, 1.54) is 18.2 Å². The summed E-state index contributed by atoms with van der Waals surface area (Å²) in [6.45, 7) is 4.14. The lowest BCUT2D eigenvalue weighted by atomic mass is 10.1. The van der Waals surface area contributed by atoms with Crippen LogP contribution in [-0.4, -0.2) is 17.9 Å². The van der Waals surface area contributed by atoms with Gasteiger partial charge in [0.15, 0.2) is 6.10 Å². The molecule has 32 heavy (non-hydrogen) atoms. The van der Waals surface area contributed by atoms with Crippen LogP contribution in [0.5, 0.6) is 5.75 Å². The second kappa shape index (κ2) is 9.06. The van der Waals surface area contributed by atoms with Gasteiger partial charge in [0, 0.05) is 11.8 Å². The van der Waals surface area contributed by atoms with Crippen LogP contribution in [-0.2, 0) is 16.1 Å². The normalized spacial score (nSPS) is 15.4. The second-order valence-corrected chi connectivity index (χ2v) is 7.73. The average Bonchev–Trinajstić information content (AvgIpc) is 2.78. The number of amides is 2. The molecule has 0 aliphatic carbocycles. The summed E-state index contributed by atoms with van der Waals surface area (Å²) < 4.78 is 18.8. The molecule has 4 rings (SSSR count). The number of fused-ring (bicyclic) bond motifs is 1. The van der Waals surface area contributed by atoms with Crippen molar-refractivity contribution >= 4 is 29.3 Å². The van der Waals surface area contributed by atoms with Gasteiger partial charge in [0.25, 0.3) is 5.91 Å². The van der Waals surface area contributed by atoms with Crippen molar-refractivity contribution in [1.82, 2.24) is 0 Å². The molecule has 1 aliphatic heterocycles. The molecule has 0 radical (unpaired) electrons. The Morgan fingerprint density at radius 1 is 1.09 bits per heavy atom. The van der Waals surface area contributed by atoms with Gasteiger partial charge in [0.1, 0.15) is 11.6 Å². The summed E-state index contributed by atoms with van der Waals surface area (Å²) in [5.74, 6) is -0.223. The van der Waals surface area contributed by atoms with E-state index in [1.807, 2.05) is 31.2 Å². The van der Waals surface area contributed by atoms with E-state index >= 15 is 0 Å². The van der Waals surface area contributed by atoms with Crippen molar-refractivity contribution in [3.63, 3.8) is 0 Å². The van der Waals surface area contributed by atoms with E-state index < -0.39 is 6.10 Å². The number of rotatable bonds is 5. The topological polar surface area (TPSA) is 58.6 Å². The maximum atomic E-state index is 13.0. The summed E-state index contributed by atoms with van der Waals surface area (Å²) in [4.78, 5) is 26.9. The predicted molar refractivity (Wildman–Crippen MR) is 123 cm³/mol. The van der Waals surface area contributed by atoms with Crippen molar-refractivity contribution in [2.45, 2.75) is 26.5 Å². The number of benzene rings is 3. The fraction of sp³-hybridized carbons (Fsp3) is 0.154. The smallest absolute Gasteiger partial charge is 0.268 e. The molecular weight excluding hydrogens is 407 g/mol. The molecule has 0 fully saturated rings. The van der Waals surface area contributed by atoms with E-state index in [9.17, 15) is 14.0 Å². The Bertz CT molecular complexity index is 1170. The highest BCUT2D eigenvalue weighted by atomic mass is 19.1. The van der Waals surface area contributed by atoms with Gasteiger partial charge in [-0.1, -0.05) is 42.0 Å². The molecule has 1 aliphatic rings. The molecule has 1 atom stereocenters. The molecule has 3 aromatic carbocycles. The van der Waals surface area contributed by atoms with Crippen molar-refractivity contribution in [3.05, 3.63) is 95.3 Å². The number of hydrogen-bond donors (Lipinski definition) is 1. The first-order valence-corrected chi connectivity index (χ1v) is 10.3. The molecule has 0 saturated carbocycles. The molecule has 0 bridgehead atoms. The lowest BCUT2D eigenvalue weighted by Crippen LogP contribution is -2.44. The van der Waals surface area contributed by atoms with Crippen LogP contribution in [0, 0.1) is 12.7 Å². The Balaban J connectivity index is 1.54. The van der Waals surface area contributed by atoms with Crippen LogP contribution < -0.4 is 15.0 Å². The zero-order valence-electron chi connectivity index (χ0n) is 17.8. The summed E-state index contributed by atoms with van der Waals surface area (Å²) in [7, 11) is 0. The molecule has 162 valence electrons. The number of carbonyl (C=O) groups excluding carboxylic acids is 2. The Morgan fingerprint density at radius 3 is 2.53 bits per heavy atom. The number of ether oxygens (including phenoxy) is 1. The molecule has 0 aromatic heterocycles. The van der Waals surface area contributed by atoms with Crippen molar-refractivity contribution in [3.8, 4) is 5.75 Å². The Hall–Kier alpha value is -3.93. The number of anilines is 2. The number of nitrogens with one attached hydrogen (secondary N) is 1. The minimum absolute atomic E-state index is 0.141. The molecule has 5 nitrogen and oxygen atoms in total. The highest BCUT2D eigenvalue weighted by Crippen LogP contribution is 2.37. The Labute approximate surface area is 186 Å². The van der Waals surface area contributed by atoms with Crippen LogP contribution in [0.15, 0.2) is 72.8 Å². The van der Waals surface area contributed by atoms with E-state index in [0.717, 1.165) is 11.1 Å². The molecule has 1 N–H and O–H groups in total. The maximum absolute atomic E-state index is 13.0. The SMILES string of the molecule is Cc1ccc(CN2C(=O)C(C)Oc3ccc(NC(=O)/C=C/c4ccc(F)cc4)cc32)cc1. The minimum Gasteiger partial charge on any atom is -0.479 e. The first-order valence-electron chi connectivity index (χ1n) is 10.3. The van der Waals surface area contributed by atoms with E-state index in [0.29, 0.717) is 29.2 Å². The predicted octanol–water partition coefficient (Wildman–Crippen LogP) is 5.10. The zero-order chi connectivity index (χ0) is 22.7. The second-order valence-electron chi connectivity index (χ2n) is 7.73. The molecular formula is C26H23FN2O3. The summed E-state index contributed by atoms with van der Waals surface area (Å²) in [5.41, 5.74) is 4.01. The molecule has 1 unspecified atom stereocenters. The standard InChI is InChI=1S/C26H23FN2O3/c1-17-3-5-20(6-4-17)16-29-23-15-22(12-13-24(23)32-18(2)26(29)31)28-25(30)14-9-19-7-10-21(27)11-8-19/h3-15,18H,16H2,1-2H3,(H,28,30)/b14-9+. The fourth-order valence-corrected chi connectivity index (χ4v) is 3.45. The zero-order valence-corrected chi connectivity index (χ0v) is 17.8. The first kappa shape index (κ1) is 21.3. The largest absolute Gasteiger partial charge is 0.479 e. The van der Waals surface area contributed by atoms with Gasteiger partial charge >= 0.3 is 0 Å². The Morgan fingerprint density at radius 2 is 1.81 bits per heavy atom. The average molecular weight is 430 g/mol. The van der Waals surface area contributed by atoms with E-state index in [4.69, 9.17) is 4.74 Å². The number of hydrogen-bond acceptors (Lipinski definition) is 3. The highest BCUT2D eigenvalue weighted by Gasteiger charge is 2.31. The fourth-order valence-electron chi connectivity index (χ4n) is 3.45. The summed E-state index contributed by atoms with van der Waals surface area (Å²) >= 11 is 0. The van der Waals surface area contributed by atoms with Crippen LogP contribution in [0.3, 0.4) is 0 Å². The third kappa shape index (κ3) is 4.86. The van der Waals surface area contributed by atoms with Gasteiger partial charge in [-0.3, -0.25) is 9.59 Å². The molecule has 0 spiro atoms. The third-order valence-electron chi connectivity index (χ3n) is 5.19. The van der Waals surface area contributed by atoms with Gasteiger partial charge in [0.2, 0.25) is 5.91 Å². The monoisotopic (exact) mass is 430 g/mol. The van der Waals surface area contributed by atoms with E-state index in [-0.39, 0.29) is 17.6 Å². The van der Waals surface area contributed by atoms with Crippen LogP contribution in [0.1, 0.15) is 23.6 Å². The van der Waals surface area contributed by atoms with Gasteiger partial charge in [-0.2, -0.15) is 0 Å². The quantitative estimate of drug-likeness (QED) is 0.573. The first-order chi connectivity index (χ1) is 15.4. The molecule has 2 amide bonds. The van der Waals surface area contributed by atoms with Crippen LogP contribution in [0.4, 0.5) is 15.8 Å². The Kier molecular flexibility index (Phi) is 6.03. The van der Waals surface area contributed by atoms with E-state index in [2.05, 4.69) is 5.32 Å².